The molecule has 76 valence electrons. The molecule has 2 atom stereocenters. The maximum absolute atomic E-state index is 10.9. The van der Waals surface area contributed by atoms with Crippen LogP contribution in [0.3, 0.4) is 0 Å². The number of aromatic nitrogens is 3. The van der Waals surface area contributed by atoms with E-state index in [-0.39, 0.29) is 11.8 Å². The fraction of sp³-hybridized carbons (Fsp3) is 0.625. The molecule has 6 heteroatoms. The number of nitrogens with zero attached hydrogens (tertiary/aromatic N) is 3. The van der Waals surface area contributed by atoms with Gasteiger partial charge in [0.25, 0.3) is 0 Å². The molecule has 0 spiro atoms. The molecule has 6 nitrogen and oxygen atoms in total. The van der Waals surface area contributed by atoms with Crippen LogP contribution in [0, 0.1) is 0 Å². The fourth-order valence-corrected chi connectivity index (χ4v) is 1.38. The highest BCUT2D eigenvalue weighted by molar-refractivity contribution is 5.91. The lowest BCUT2D eigenvalue weighted by atomic mass is 10.2. The van der Waals surface area contributed by atoms with Crippen molar-refractivity contribution in [3.8, 4) is 0 Å². The Morgan fingerprint density at radius 2 is 2.50 bits per heavy atom. The third-order valence-electron chi connectivity index (χ3n) is 2.23. The molecule has 1 aliphatic rings. The molecular weight excluding hydrogens is 186 g/mol. The third-order valence-corrected chi connectivity index (χ3v) is 2.23. The minimum atomic E-state index is -0.573. The first-order valence-corrected chi connectivity index (χ1v) is 4.37. The lowest BCUT2D eigenvalue weighted by Gasteiger charge is -2.10. The highest BCUT2D eigenvalue weighted by atomic mass is 16.5. The Balaban J connectivity index is 2.20. The van der Waals surface area contributed by atoms with E-state index in [1.54, 1.807) is 0 Å². The number of rotatable bonds is 2. The minimum absolute atomic E-state index is 0.135. The summed E-state index contributed by atoms with van der Waals surface area (Å²) in [5.41, 5.74) is 0.309. The van der Waals surface area contributed by atoms with Crippen LogP contribution in [0.25, 0.3) is 0 Å². The van der Waals surface area contributed by atoms with E-state index in [2.05, 4.69) is 10.3 Å². The number of Topliss-reactive ketones (excluding diaryl/α,β-unsaturated/α-hetero) is 1. The van der Waals surface area contributed by atoms with Crippen LogP contribution < -0.4 is 0 Å². The van der Waals surface area contributed by atoms with Gasteiger partial charge in [0, 0.05) is 6.92 Å². The maximum atomic E-state index is 10.9. The molecule has 0 saturated carbocycles. The first-order chi connectivity index (χ1) is 6.68. The molecule has 1 fully saturated rings. The van der Waals surface area contributed by atoms with E-state index in [9.17, 15) is 9.90 Å². The summed E-state index contributed by atoms with van der Waals surface area (Å²) in [5.74, 6) is -0.135. The second-order valence-electron chi connectivity index (χ2n) is 3.31. The summed E-state index contributed by atoms with van der Waals surface area (Å²) in [6, 6.07) is -0.226. The number of aliphatic hydroxyl groups is 1. The van der Waals surface area contributed by atoms with Crippen molar-refractivity contribution in [2.24, 2.45) is 0 Å². The van der Waals surface area contributed by atoms with E-state index in [0.717, 1.165) is 0 Å². The number of carbonyl (C=O) groups is 1. The quantitative estimate of drug-likeness (QED) is 0.641. The molecule has 0 aromatic carbocycles. The van der Waals surface area contributed by atoms with Crippen molar-refractivity contribution < 1.29 is 14.6 Å². The normalized spacial score (nSPS) is 26.7. The smallest absolute Gasteiger partial charge is 0.181 e. The van der Waals surface area contributed by atoms with Gasteiger partial charge in [-0.3, -0.25) is 4.79 Å². The zero-order valence-corrected chi connectivity index (χ0v) is 7.75. The minimum Gasteiger partial charge on any atom is -0.388 e. The van der Waals surface area contributed by atoms with Gasteiger partial charge in [-0.25, -0.2) is 4.68 Å². The average molecular weight is 197 g/mol. The molecule has 1 saturated heterocycles. The van der Waals surface area contributed by atoms with Crippen LogP contribution in [-0.4, -0.2) is 45.2 Å². The third kappa shape index (κ3) is 1.53. The SMILES string of the molecule is CC(=O)c1cn([C@@H]2COC[C@H]2O)nn1. The van der Waals surface area contributed by atoms with Gasteiger partial charge in [0.2, 0.25) is 0 Å². The molecular formula is C8H11N3O3. The Morgan fingerprint density at radius 3 is 3.00 bits per heavy atom. The predicted octanol–water partition coefficient (Wildman–Crippen LogP) is -0.587. The van der Waals surface area contributed by atoms with E-state index >= 15 is 0 Å². The summed E-state index contributed by atoms with van der Waals surface area (Å²) in [4.78, 5) is 10.9. The number of hydrogen-bond acceptors (Lipinski definition) is 5. The summed E-state index contributed by atoms with van der Waals surface area (Å²) < 4.78 is 6.55. The van der Waals surface area contributed by atoms with Gasteiger partial charge in [-0.1, -0.05) is 5.21 Å². The Kier molecular flexibility index (Phi) is 2.30. The van der Waals surface area contributed by atoms with Gasteiger partial charge in [-0.15, -0.1) is 5.10 Å². The zero-order chi connectivity index (χ0) is 10.1. The first kappa shape index (κ1) is 9.29. The molecule has 2 rings (SSSR count). The topological polar surface area (TPSA) is 77.2 Å². The fourth-order valence-electron chi connectivity index (χ4n) is 1.38. The first-order valence-electron chi connectivity index (χ1n) is 4.37. The van der Waals surface area contributed by atoms with Crippen LogP contribution in [0.5, 0.6) is 0 Å². The molecule has 0 radical (unpaired) electrons. The molecule has 0 amide bonds. The summed E-state index contributed by atoms with van der Waals surface area (Å²) in [6.07, 6.45) is 0.960. The molecule has 1 N–H and O–H groups in total. The molecule has 2 heterocycles. The van der Waals surface area contributed by atoms with Crippen molar-refractivity contribution in [3.63, 3.8) is 0 Å². The second kappa shape index (κ2) is 3.47. The highest BCUT2D eigenvalue weighted by Crippen LogP contribution is 2.18. The lowest BCUT2D eigenvalue weighted by molar-refractivity contribution is 0.101. The molecule has 0 aliphatic carbocycles. The van der Waals surface area contributed by atoms with E-state index in [1.807, 2.05) is 0 Å². The van der Waals surface area contributed by atoms with Gasteiger partial charge in [0.1, 0.15) is 17.8 Å². The van der Waals surface area contributed by atoms with Gasteiger partial charge in [0.05, 0.1) is 19.4 Å². The maximum Gasteiger partial charge on any atom is 0.181 e. The number of ketones is 1. The van der Waals surface area contributed by atoms with Gasteiger partial charge in [-0.05, 0) is 0 Å². The van der Waals surface area contributed by atoms with Crippen LogP contribution in [0.15, 0.2) is 6.20 Å². The molecule has 14 heavy (non-hydrogen) atoms. The van der Waals surface area contributed by atoms with E-state index in [1.165, 1.54) is 17.8 Å². The molecule has 0 unspecified atom stereocenters. The van der Waals surface area contributed by atoms with Crippen molar-refractivity contribution in [1.29, 1.82) is 0 Å². The van der Waals surface area contributed by atoms with Gasteiger partial charge in [0.15, 0.2) is 5.78 Å². The monoisotopic (exact) mass is 197 g/mol. The van der Waals surface area contributed by atoms with Crippen molar-refractivity contribution >= 4 is 5.78 Å². The van der Waals surface area contributed by atoms with E-state index < -0.39 is 6.10 Å². The summed E-state index contributed by atoms with van der Waals surface area (Å²) in [5, 5.41) is 17.0. The molecule has 0 bridgehead atoms. The van der Waals surface area contributed by atoms with Crippen LogP contribution in [-0.2, 0) is 4.74 Å². The Bertz CT molecular complexity index is 349. The van der Waals surface area contributed by atoms with E-state index in [0.29, 0.717) is 18.9 Å². The lowest BCUT2D eigenvalue weighted by Crippen LogP contribution is -2.22. The van der Waals surface area contributed by atoms with Crippen molar-refractivity contribution in [3.05, 3.63) is 11.9 Å². The summed E-state index contributed by atoms with van der Waals surface area (Å²) in [6.45, 7) is 2.14. The summed E-state index contributed by atoms with van der Waals surface area (Å²) >= 11 is 0. The van der Waals surface area contributed by atoms with Crippen LogP contribution in [0.2, 0.25) is 0 Å². The number of aliphatic hydroxyl groups excluding tert-OH is 1. The van der Waals surface area contributed by atoms with Crippen molar-refractivity contribution in [2.45, 2.75) is 19.1 Å². The van der Waals surface area contributed by atoms with Crippen molar-refractivity contribution in [1.82, 2.24) is 15.0 Å². The largest absolute Gasteiger partial charge is 0.388 e. The highest BCUT2D eigenvalue weighted by Gasteiger charge is 2.29. The summed E-state index contributed by atoms with van der Waals surface area (Å²) in [7, 11) is 0. The van der Waals surface area contributed by atoms with Crippen LogP contribution in [0.1, 0.15) is 23.5 Å². The number of hydrogen-bond donors (Lipinski definition) is 1. The molecule has 1 aromatic rings. The average Bonchev–Trinajstić information content (AvgIpc) is 2.71. The zero-order valence-electron chi connectivity index (χ0n) is 7.75. The Labute approximate surface area is 80.5 Å². The van der Waals surface area contributed by atoms with Crippen LogP contribution in [0.4, 0.5) is 0 Å². The number of ether oxygens (including phenoxy) is 1. The Morgan fingerprint density at radius 1 is 1.71 bits per heavy atom. The van der Waals surface area contributed by atoms with Crippen LogP contribution >= 0.6 is 0 Å². The van der Waals surface area contributed by atoms with E-state index in [4.69, 9.17) is 4.74 Å². The van der Waals surface area contributed by atoms with Crippen molar-refractivity contribution in [2.75, 3.05) is 13.2 Å². The Hall–Kier alpha value is -1.27. The predicted molar refractivity (Wildman–Crippen MR) is 45.9 cm³/mol. The van der Waals surface area contributed by atoms with Gasteiger partial charge < -0.3 is 9.84 Å². The standard InChI is InChI=1S/C8H11N3O3/c1-5(12)6-2-11(10-9-6)7-3-14-4-8(7)13/h2,7-8,13H,3-4H2,1H3/t7-,8-/m1/s1. The van der Waals surface area contributed by atoms with Gasteiger partial charge in [-0.2, -0.15) is 0 Å². The second-order valence-corrected chi connectivity index (χ2v) is 3.31. The molecule has 1 aliphatic heterocycles. The number of carbonyl (C=O) groups excluding carboxylic acids is 1. The van der Waals surface area contributed by atoms with Gasteiger partial charge >= 0.3 is 0 Å². The molecule has 1 aromatic heterocycles.